The number of fused-ring (bicyclic) bond motifs is 1. The highest BCUT2D eigenvalue weighted by Crippen LogP contribution is 2.29. The zero-order valence-corrected chi connectivity index (χ0v) is 13.0. The SMILES string of the molecule is O=[N+]([O-])c1ccc2nc(NCCc3cccc(Cl)c3)sc2c1. The number of thiazole rings is 1. The lowest BCUT2D eigenvalue weighted by molar-refractivity contribution is -0.384. The van der Waals surface area contributed by atoms with E-state index in [0.717, 1.165) is 38.9 Å². The van der Waals surface area contributed by atoms with Gasteiger partial charge in [-0.1, -0.05) is 35.1 Å². The van der Waals surface area contributed by atoms with Crippen molar-refractivity contribution < 1.29 is 4.92 Å². The van der Waals surface area contributed by atoms with E-state index in [4.69, 9.17) is 11.6 Å². The van der Waals surface area contributed by atoms with Crippen LogP contribution in [0.15, 0.2) is 42.5 Å². The predicted molar refractivity (Wildman–Crippen MR) is 89.9 cm³/mol. The van der Waals surface area contributed by atoms with E-state index in [1.165, 1.54) is 17.4 Å². The summed E-state index contributed by atoms with van der Waals surface area (Å²) in [6.07, 6.45) is 0.830. The Labute approximate surface area is 135 Å². The van der Waals surface area contributed by atoms with Gasteiger partial charge in [-0.25, -0.2) is 4.98 Å². The Balaban J connectivity index is 1.68. The number of nitro groups is 1. The van der Waals surface area contributed by atoms with Gasteiger partial charge in [0.2, 0.25) is 0 Å². The molecule has 0 fully saturated rings. The second kappa shape index (κ2) is 6.29. The molecule has 0 aliphatic rings. The smallest absolute Gasteiger partial charge is 0.270 e. The monoisotopic (exact) mass is 333 g/mol. The third-order valence-corrected chi connectivity index (χ3v) is 4.37. The van der Waals surface area contributed by atoms with Gasteiger partial charge >= 0.3 is 0 Å². The average Bonchev–Trinajstić information content (AvgIpc) is 2.89. The van der Waals surface area contributed by atoms with Crippen LogP contribution in [0.5, 0.6) is 0 Å². The summed E-state index contributed by atoms with van der Waals surface area (Å²) in [5, 5.41) is 15.5. The van der Waals surface area contributed by atoms with Gasteiger partial charge < -0.3 is 5.32 Å². The molecule has 0 saturated heterocycles. The van der Waals surface area contributed by atoms with Gasteiger partial charge in [-0.2, -0.15) is 0 Å². The molecule has 3 aromatic rings. The van der Waals surface area contributed by atoms with E-state index in [-0.39, 0.29) is 5.69 Å². The highest BCUT2D eigenvalue weighted by atomic mass is 35.5. The highest BCUT2D eigenvalue weighted by Gasteiger charge is 2.10. The Morgan fingerprint density at radius 1 is 1.27 bits per heavy atom. The van der Waals surface area contributed by atoms with Gasteiger partial charge in [0, 0.05) is 23.7 Å². The first-order valence-electron chi connectivity index (χ1n) is 6.65. The Kier molecular flexibility index (Phi) is 4.22. The number of non-ortho nitro benzene ring substituents is 1. The van der Waals surface area contributed by atoms with Crippen molar-refractivity contribution >= 4 is 44.0 Å². The van der Waals surface area contributed by atoms with Gasteiger partial charge in [-0.05, 0) is 30.2 Å². The van der Waals surface area contributed by atoms with E-state index in [9.17, 15) is 10.1 Å². The number of anilines is 1. The first-order valence-corrected chi connectivity index (χ1v) is 7.84. The Bertz CT molecular complexity index is 835. The first kappa shape index (κ1) is 14.7. The number of hydrogen-bond donors (Lipinski definition) is 1. The molecule has 0 atom stereocenters. The normalized spacial score (nSPS) is 10.8. The zero-order chi connectivity index (χ0) is 15.5. The number of benzene rings is 2. The second-order valence-corrected chi connectivity index (χ2v) is 6.20. The van der Waals surface area contributed by atoms with E-state index < -0.39 is 4.92 Å². The molecule has 0 spiro atoms. The fourth-order valence-corrected chi connectivity index (χ4v) is 3.25. The molecule has 0 saturated carbocycles. The second-order valence-electron chi connectivity index (χ2n) is 4.73. The first-order chi connectivity index (χ1) is 10.6. The molecule has 1 aromatic heterocycles. The van der Waals surface area contributed by atoms with Crippen LogP contribution in [0.4, 0.5) is 10.8 Å². The van der Waals surface area contributed by atoms with E-state index >= 15 is 0 Å². The molecule has 0 radical (unpaired) electrons. The largest absolute Gasteiger partial charge is 0.361 e. The molecule has 5 nitrogen and oxygen atoms in total. The highest BCUT2D eigenvalue weighted by molar-refractivity contribution is 7.22. The number of nitro benzene ring substituents is 1. The molecular formula is C15H12ClN3O2S. The molecule has 0 bridgehead atoms. The summed E-state index contributed by atoms with van der Waals surface area (Å²) in [4.78, 5) is 14.8. The van der Waals surface area contributed by atoms with E-state index in [1.807, 2.05) is 24.3 Å². The van der Waals surface area contributed by atoms with Gasteiger partial charge in [0.25, 0.3) is 5.69 Å². The Morgan fingerprint density at radius 3 is 2.91 bits per heavy atom. The molecule has 2 aromatic carbocycles. The van der Waals surface area contributed by atoms with Crippen LogP contribution in [0.1, 0.15) is 5.56 Å². The molecule has 112 valence electrons. The minimum atomic E-state index is -0.397. The van der Waals surface area contributed by atoms with Crippen molar-refractivity contribution in [1.29, 1.82) is 0 Å². The summed E-state index contributed by atoms with van der Waals surface area (Å²) < 4.78 is 0.805. The van der Waals surface area contributed by atoms with Gasteiger partial charge in [-0.3, -0.25) is 10.1 Å². The molecular weight excluding hydrogens is 322 g/mol. The number of nitrogens with one attached hydrogen (secondary N) is 1. The summed E-state index contributed by atoms with van der Waals surface area (Å²) >= 11 is 7.36. The van der Waals surface area contributed by atoms with Gasteiger partial charge in [-0.15, -0.1) is 0 Å². The number of hydrogen-bond acceptors (Lipinski definition) is 5. The van der Waals surface area contributed by atoms with Crippen molar-refractivity contribution in [2.45, 2.75) is 6.42 Å². The molecule has 1 N–H and O–H groups in total. The Hall–Kier alpha value is -2.18. The summed E-state index contributed by atoms with van der Waals surface area (Å²) in [7, 11) is 0. The van der Waals surface area contributed by atoms with Gasteiger partial charge in [0.1, 0.15) is 0 Å². The number of aromatic nitrogens is 1. The molecule has 22 heavy (non-hydrogen) atoms. The number of halogens is 1. The third kappa shape index (κ3) is 3.35. The minimum absolute atomic E-state index is 0.0848. The fraction of sp³-hybridized carbons (Fsp3) is 0.133. The lowest BCUT2D eigenvalue weighted by atomic mass is 10.1. The molecule has 0 amide bonds. The van der Waals surface area contributed by atoms with Crippen molar-refractivity contribution in [2.24, 2.45) is 0 Å². The number of nitrogens with zero attached hydrogens (tertiary/aromatic N) is 2. The van der Waals surface area contributed by atoms with Crippen molar-refractivity contribution in [3.63, 3.8) is 0 Å². The van der Waals surface area contributed by atoms with E-state index in [1.54, 1.807) is 12.1 Å². The molecule has 0 unspecified atom stereocenters. The van der Waals surface area contributed by atoms with Crippen molar-refractivity contribution in [1.82, 2.24) is 4.98 Å². The van der Waals surface area contributed by atoms with Gasteiger partial charge in [0.15, 0.2) is 5.13 Å². The Morgan fingerprint density at radius 2 is 2.14 bits per heavy atom. The molecule has 7 heteroatoms. The maximum absolute atomic E-state index is 10.8. The maximum Gasteiger partial charge on any atom is 0.270 e. The standard InChI is InChI=1S/C15H12ClN3O2S/c16-11-3-1-2-10(8-11)6-7-17-15-18-13-5-4-12(19(20)21)9-14(13)22-15/h1-5,8-9H,6-7H2,(H,17,18). The minimum Gasteiger partial charge on any atom is -0.361 e. The lowest BCUT2D eigenvalue weighted by Crippen LogP contribution is -2.04. The lowest BCUT2D eigenvalue weighted by Gasteiger charge is -2.03. The van der Waals surface area contributed by atoms with E-state index in [0.29, 0.717) is 0 Å². The number of rotatable bonds is 5. The topological polar surface area (TPSA) is 68.1 Å². The molecule has 1 heterocycles. The van der Waals surface area contributed by atoms with Crippen LogP contribution in [0.25, 0.3) is 10.2 Å². The van der Waals surface area contributed by atoms with Crippen molar-refractivity contribution in [2.75, 3.05) is 11.9 Å². The predicted octanol–water partition coefficient (Wildman–Crippen LogP) is 4.51. The summed E-state index contributed by atoms with van der Waals surface area (Å²) in [5.74, 6) is 0. The maximum atomic E-state index is 10.8. The van der Waals surface area contributed by atoms with Crippen LogP contribution in [-0.2, 0) is 6.42 Å². The summed E-state index contributed by atoms with van der Waals surface area (Å²) in [6, 6.07) is 12.4. The average molecular weight is 334 g/mol. The van der Waals surface area contributed by atoms with Crippen LogP contribution >= 0.6 is 22.9 Å². The molecule has 0 aliphatic heterocycles. The third-order valence-electron chi connectivity index (χ3n) is 3.16. The van der Waals surface area contributed by atoms with Crippen LogP contribution in [-0.4, -0.2) is 16.5 Å². The van der Waals surface area contributed by atoms with Crippen molar-refractivity contribution in [3.8, 4) is 0 Å². The van der Waals surface area contributed by atoms with E-state index in [2.05, 4.69) is 10.3 Å². The van der Waals surface area contributed by atoms with Gasteiger partial charge in [0.05, 0.1) is 15.1 Å². The molecule has 0 aliphatic carbocycles. The van der Waals surface area contributed by atoms with Crippen LogP contribution in [0.2, 0.25) is 5.02 Å². The van der Waals surface area contributed by atoms with Crippen LogP contribution < -0.4 is 5.32 Å². The van der Waals surface area contributed by atoms with Crippen LogP contribution in [0, 0.1) is 10.1 Å². The zero-order valence-electron chi connectivity index (χ0n) is 11.5. The quantitative estimate of drug-likeness (QED) is 0.551. The fourth-order valence-electron chi connectivity index (χ4n) is 2.11. The van der Waals surface area contributed by atoms with Crippen molar-refractivity contribution in [3.05, 3.63) is 63.2 Å². The summed E-state index contributed by atoms with van der Waals surface area (Å²) in [5.41, 5.74) is 2.00. The summed E-state index contributed by atoms with van der Waals surface area (Å²) in [6.45, 7) is 0.724. The molecule has 3 rings (SSSR count). The van der Waals surface area contributed by atoms with Crippen LogP contribution in [0.3, 0.4) is 0 Å².